The molecule has 1 aliphatic rings. The summed E-state index contributed by atoms with van der Waals surface area (Å²) in [6.45, 7) is 6.55. The SMILES string of the molecule is CCOC(=O)CN1CCN(CC=CC(=O)Nc2ccc3nc(N)ncc3c2)CC1. The molecule has 0 unspecified atom stereocenters. The topological polar surface area (TPSA) is 114 Å². The largest absolute Gasteiger partial charge is 0.465 e. The predicted molar refractivity (Wildman–Crippen MR) is 111 cm³/mol. The Bertz CT molecular complexity index is 893. The quantitative estimate of drug-likeness (QED) is 0.522. The Morgan fingerprint density at radius 2 is 2.00 bits per heavy atom. The van der Waals surface area contributed by atoms with Crippen molar-refractivity contribution in [2.75, 3.05) is 56.9 Å². The molecule has 1 saturated heterocycles. The van der Waals surface area contributed by atoms with Crippen molar-refractivity contribution in [3.63, 3.8) is 0 Å². The molecule has 1 aromatic heterocycles. The van der Waals surface area contributed by atoms with E-state index in [-0.39, 0.29) is 17.8 Å². The molecular formula is C20H26N6O3. The van der Waals surface area contributed by atoms with E-state index in [9.17, 15) is 9.59 Å². The number of anilines is 2. The van der Waals surface area contributed by atoms with Crippen LogP contribution in [0.4, 0.5) is 11.6 Å². The number of benzene rings is 1. The molecule has 29 heavy (non-hydrogen) atoms. The summed E-state index contributed by atoms with van der Waals surface area (Å²) >= 11 is 0. The first-order chi connectivity index (χ1) is 14.0. The number of fused-ring (bicyclic) bond motifs is 1. The van der Waals surface area contributed by atoms with Gasteiger partial charge in [0.25, 0.3) is 0 Å². The van der Waals surface area contributed by atoms with Crippen LogP contribution in [0.5, 0.6) is 0 Å². The van der Waals surface area contributed by atoms with Crippen molar-refractivity contribution in [2.45, 2.75) is 6.92 Å². The normalized spacial score (nSPS) is 15.6. The summed E-state index contributed by atoms with van der Waals surface area (Å²) < 4.78 is 4.98. The Hall–Kier alpha value is -3.04. The third kappa shape index (κ3) is 6.23. The van der Waals surface area contributed by atoms with Gasteiger partial charge in [0, 0.05) is 56.1 Å². The molecule has 1 aromatic carbocycles. The Morgan fingerprint density at radius 1 is 1.24 bits per heavy atom. The maximum atomic E-state index is 12.2. The zero-order valence-electron chi connectivity index (χ0n) is 16.5. The Balaban J connectivity index is 1.42. The first kappa shape index (κ1) is 20.7. The van der Waals surface area contributed by atoms with Gasteiger partial charge in [0.2, 0.25) is 11.9 Å². The Morgan fingerprint density at radius 3 is 2.76 bits per heavy atom. The van der Waals surface area contributed by atoms with Gasteiger partial charge in [-0.2, -0.15) is 0 Å². The van der Waals surface area contributed by atoms with E-state index in [1.54, 1.807) is 18.3 Å². The van der Waals surface area contributed by atoms with E-state index in [1.165, 1.54) is 6.08 Å². The van der Waals surface area contributed by atoms with Gasteiger partial charge >= 0.3 is 5.97 Å². The number of carbonyl (C=O) groups is 2. The number of nitrogens with one attached hydrogen (secondary N) is 1. The number of amides is 1. The smallest absolute Gasteiger partial charge is 0.320 e. The number of carbonyl (C=O) groups excluding carboxylic acids is 2. The molecule has 0 radical (unpaired) electrons. The number of hydrogen-bond acceptors (Lipinski definition) is 8. The molecule has 0 bridgehead atoms. The minimum Gasteiger partial charge on any atom is -0.465 e. The molecule has 2 aromatic rings. The second-order valence-corrected chi connectivity index (χ2v) is 6.78. The van der Waals surface area contributed by atoms with Gasteiger partial charge in [-0.3, -0.25) is 19.4 Å². The minimum atomic E-state index is -0.193. The van der Waals surface area contributed by atoms with E-state index in [4.69, 9.17) is 10.5 Å². The predicted octanol–water partition coefficient (Wildman–Crippen LogP) is 0.887. The molecule has 0 aliphatic carbocycles. The fourth-order valence-corrected chi connectivity index (χ4v) is 3.14. The zero-order chi connectivity index (χ0) is 20.6. The van der Waals surface area contributed by atoms with Crippen LogP contribution in [-0.4, -0.2) is 77.5 Å². The van der Waals surface area contributed by atoms with Gasteiger partial charge in [-0.1, -0.05) is 6.08 Å². The van der Waals surface area contributed by atoms with Crippen molar-refractivity contribution in [2.24, 2.45) is 0 Å². The number of nitrogen functional groups attached to an aromatic ring is 1. The summed E-state index contributed by atoms with van der Waals surface area (Å²) in [6.07, 6.45) is 5.01. The molecule has 1 aliphatic heterocycles. The highest BCUT2D eigenvalue weighted by Gasteiger charge is 2.18. The van der Waals surface area contributed by atoms with Crippen molar-refractivity contribution >= 4 is 34.4 Å². The van der Waals surface area contributed by atoms with Crippen molar-refractivity contribution in [1.82, 2.24) is 19.8 Å². The lowest BCUT2D eigenvalue weighted by Gasteiger charge is -2.33. The molecular weight excluding hydrogens is 372 g/mol. The minimum absolute atomic E-state index is 0.179. The van der Waals surface area contributed by atoms with Gasteiger partial charge in [-0.25, -0.2) is 9.97 Å². The third-order valence-electron chi connectivity index (χ3n) is 4.62. The Kier molecular flexibility index (Phi) is 7.09. The average Bonchev–Trinajstić information content (AvgIpc) is 2.69. The van der Waals surface area contributed by atoms with E-state index in [2.05, 4.69) is 25.1 Å². The number of esters is 1. The number of aromatic nitrogens is 2. The van der Waals surface area contributed by atoms with E-state index >= 15 is 0 Å². The molecule has 2 heterocycles. The highest BCUT2D eigenvalue weighted by Crippen LogP contribution is 2.17. The van der Waals surface area contributed by atoms with E-state index < -0.39 is 0 Å². The number of hydrogen-bond donors (Lipinski definition) is 2. The Labute approximate surface area is 169 Å². The van der Waals surface area contributed by atoms with E-state index in [0.717, 1.165) is 37.1 Å². The third-order valence-corrected chi connectivity index (χ3v) is 4.62. The first-order valence-electron chi connectivity index (χ1n) is 9.63. The van der Waals surface area contributed by atoms with Crippen LogP contribution in [0.15, 0.2) is 36.5 Å². The van der Waals surface area contributed by atoms with Gasteiger partial charge in [-0.15, -0.1) is 0 Å². The maximum absolute atomic E-state index is 12.2. The van der Waals surface area contributed by atoms with Gasteiger partial charge in [0.15, 0.2) is 0 Å². The van der Waals surface area contributed by atoms with Crippen LogP contribution in [0.1, 0.15) is 6.92 Å². The summed E-state index contributed by atoms with van der Waals surface area (Å²) in [5.74, 6) is -0.151. The number of rotatable bonds is 7. The lowest BCUT2D eigenvalue weighted by Crippen LogP contribution is -2.48. The maximum Gasteiger partial charge on any atom is 0.320 e. The molecule has 1 amide bonds. The molecule has 0 saturated carbocycles. The first-order valence-corrected chi connectivity index (χ1v) is 9.63. The number of nitrogens with two attached hydrogens (primary N) is 1. The summed E-state index contributed by atoms with van der Waals surface area (Å²) in [7, 11) is 0. The molecule has 3 rings (SSSR count). The lowest BCUT2D eigenvalue weighted by molar-refractivity contribution is -0.144. The second kappa shape index (κ2) is 9.94. The van der Waals surface area contributed by atoms with Crippen LogP contribution in [0.25, 0.3) is 10.9 Å². The number of piperazine rings is 1. The van der Waals surface area contributed by atoms with Gasteiger partial charge in [0.05, 0.1) is 18.7 Å². The van der Waals surface area contributed by atoms with Crippen LogP contribution in [0.3, 0.4) is 0 Å². The molecule has 9 nitrogen and oxygen atoms in total. The average molecular weight is 398 g/mol. The lowest BCUT2D eigenvalue weighted by atomic mass is 10.2. The van der Waals surface area contributed by atoms with Crippen LogP contribution in [-0.2, 0) is 14.3 Å². The molecule has 0 atom stereocenters. The van der Waals surface area contributed by atoms with Crippen molar-refractivity contribution in [3.8, 4) is 0 Å². The fraction of sp³-hybridized carbons (Fsp3) is 0.400. The van der Waals surface area contributed by atoms with Gasteiger partial charge < -0.3 is 15.8 Å². The standard InChI is InChI=1S/C20H26N6O3/c1-2-29-19(28)14-26-10-8-25(9-11-26)7-3-4-18(27)23-16-5-6-17-15(12-16)13-22-20(21)24-17/h3-6,12-13H,2,7-11,14H2,1H3,(H,23,27)(H2,21,22,24). The van der Waals surface area contributed by atoms with Crippen LogP contribution >= 0.6 is 0 Å². The molecule has 1 fully saturated rings. The fourth-order valence-electron chi connectivity index (χ4n) is 3.14. The summed E-state index contributed by atoms with van der Waals surface area (Å²) in [5.41, 5.74) is 6.98. The molecule has 0 spiro atoms. The molecule has 9 heteroatoms. The van der Waals surface area contributed by atoms with E-state index in [1.807, 2.05) is 19.1 Å². The summed E-state index contributed by atoms with van der Waals surface area (Å²) in [6, 6.07) is 5.38. The highest BCUT2D eigenvalue weighted by molar-refractivity contribution is 6.00. The molecule has 3 N–H and O–H groups in total. The van der Waals surface area contributed by atoms with Crippen LogP contribution < -0.4 is 11.1 Å². The monoisotopic (exact) mass is 398 g/mol. The highest BCUT2D eigenvalue weighted by atomic mass is 16.5. The van der Waals surface area contributed by atoms with Crippen molar-refractivity contribution < 1.29 is 14.3 Å². The van der Waals surface area contributed by atoms with E-state index in [0.29, 0.717) is 25.4 Å². The summed E-state index contributed by atoms with van der Waals surface area (Å²) in [4.78, 5) is 36.1. The van der Waals surface area contributed by atoms with Gasteiger partial charge in [-0.05, 0) is 25.1 Å². The number of ether oxygens (including phenoxy) is 1. The summed E-state index contributed by atoms with van der Waals surface area (Å²) in [5, 5.41) is 3.64. The molecule has 154 valence electrons. The zero-order valence-corrected chi connectivity index (χ0v) is 16.5. The van der Waals surface area contributed by atoms with Crippen LogP contribution in [0.2, 0.25) is 0 Å². The van der Waals surface area contributed by atoms with Crippen LogP contribution in [0, 0.1) is 0 Å². The second-order valence-electron chi connectivity index (χ2n) is 6.78. The van der Waals surface area contributed by atoms with Crippen molar-refractivity contribution in [3.05, 3.63) is 36.5 Å². The van der Waals surface area contributed by atoms with Gasteiger partial charge in [0.1, 0.15) is 0 Å². The number of nitrogens with zero attached hydrogens (tertiary/aromatic N) is 4. The van der Waals surface area contributed by atoms with Crippen molar-refractivity contribution in [1.29, 1.82) is 0 Å².